The molecule has 1 fully saturated rings. The second-order valence-corrected chi connectivity index (χ2v) is 9.42. The lowest BCUT2D eigenvalue weighted by molar-refractivity contribution is -0.123. The second kappa shape index (κ2) is 7.67. The Hall–Kier alpha value is -2.19. The summed E-state index contributed by atoms with van der Waals surface area (Å²) in [4.78, 5) is 18.8. The van der Waals surface area contributed by atoms with Crippen molar-refractivity contribution >= 4 is 21.6 Å². The van der Waals surface area contributed by atoms with E-state index in [1.807, 2.05) is 32.0 Å². The Bertz CT molecular complexity index is 969. The molecule has 2 aromatic rings. The number of hydrogen-bond acceptors (Lipinski definition) is 4. The molecular formula is C20H28N4O3S. The zero-order chi connectivity index (χ0) is 20.6. The third kappa shape index (κ3) is 3.71. The summed E-state index contributed by atoms with van der Waals surface area (Å²) in [6.45, 7) is 6.47. The van der Waals surface area contributed by atoms with Gasteiger partial charge in [0.05, 0.1) is 0 Å². The molecule has 1 aromatic heterocycles. The van der Waals surface area contributed by atoms with Crippen molar-refractivity contribution in [1.29, 1.82) is 0 Å². The van der Waals surface area contributed by atoms with Crippen molar-refractivity contribution in [2.75, 3.05) is 25.0 Å². The normalized spacial score (nSPS) is 16.3. The fourth-order valence-electron chi connectivity index (χ4n) is 3.62. The van der Waals surface area contributed by atoms with Crippen molar-refractivity contribution in [3.8, 4) is 0 Å². The average molecular weight is 405 g/mol. The molecule has 3 rings (SSSR count). The summed E-state index contributed by atoms with van der Waals surface area (Å²) >= 11 is 0. The van der Waals surface area contributed by atoms with Gasteiger partial charge in [0.1, 0.15) is 5.82 Å². The van der Waals surface area contributed by atoms with E-state index in [1.54, 1.807) is 30.5 Å². The van der Waals surface area contributed by atoms with Crippen LogP contribution >= 0.6 is 0 Å². The Balaban J connectivity index is 1.69. The maximum Gasteiger partial charge on any atom is 0.262 e. The molecule has 1 aliphatic heterocycles. The molecule has 0 N–H and O–H groups in total. The lowest BCUT2D eigenvalue weighted by Gasteiger charge is -2.32. The number of nitrogens with zero attached hydrogens (tertiary/aromatic N) is 4. The summed E-state index contributed by atoms with van der Waals surface area (Å²) in [6.07, 6.45) is 2.56. The third-order valence-electron chi connectivity index (χ3n) is 5.76. The number of carbonyl (C=O) groups excluding carboxylic acids is 1. The highest BCUT2D eigenvalue weighted by Crippen LogP contribution is 2.28. The van der Waals surface area contributed by atoms with Gasteiger partial charge in [-0.3, -0.25) is 4.79 Å². The Labute approximate surface area is 167 Å². The topological polar surface area (TPSA) is 75.5 Å². The summed E-state index contributed by atoms with van der Waals surface area (Å²) < 4.78 is 28.8. The zero-order valence-electron chi connectivity index (χ0n) is 17.1. The van der Waals surface area contributed by atoms with E-state index in [9.17, 15) is 13.2 Å². The zero-order valence-corrected chi connectivity index (χ0v) is 18.0. The van der Waals surface area contributed by atoms with Gasteiger partial charge in [0, 0.05) is 45.0 Å². The highest BCUT2D eigenvalue weighted by Gasteiger charge is 2.34. The summed E-state index contributed by atoms with van der Waals surface area (Å²) in [5, 5.41) is 0.0739. The first-order chi connectivity index (χ1) is 13.1. The number of imidazole rings is 1. The van der Waals surface area contributed by atoms with Crippen molar-refractivity contribution in [2.45, 2.75) is 38.6 Å². The fraction of sp³-hybridized carbons (Fsp3) is 0.500. The Morgan fingerprint density at radius 3 is 2.39 bits per heavy atom. The van der Waals surface area contributed by atoms with Crippen LogP contribution in [-0.4, -0.2) is 48.3 Å². The number of carbonyl (C=O) groups is 1. The van der Waals surface area contributed by atoms with Crippen LogP contribution in [0.2, 0.25) is 0 Å². The van der Waals surface area contributed by atoms with Gasteiger partial charge in [-0.05, 0) is 50.8 Å². The van der Waals surface area contributed by atoms with E-state index in [2.05, 4.69) is 4.98 Å². The quantitative estimate of drug-likeness (QED) is 0.784. The number of rotatable bonds is 4. The molecule has 1 saturated heterocycles. The van der Waals surface area contributed by atoms with Crippen molar-refractivity contribution in [2.24, 2.45) is 13.0 Å². The van der Waals surface area contributed by atoms with E-state index < -0.39 is 10.0 Å². The van der Waals surface area contributed by atoms with Crippen LogP contribution in [0.25, 0.3) is 0 Å². The van der Waals surface area contributed by atoms with Crippen LogP contribution in [0.15, 0.2) is 29.4 Å². The van der Waals surface area contributed by atoms with Crippen LogP contribution in [0, 0.1) is 26.7 Å². The molecule has 7 nitrogen and oxygen atoms in total. The number of anilines is 1. The van der Waals surface area contributed by atoms with Crippen LogP contribution in [0.3, 0.4) is 0 Å². The van der Waals surface area contributed by atoms with E-state index in [4.69, 9.17) is 0 Å². The van der Waals surface area contributed by atoms with Crippen LogP contribution in [0.5, 0.6) is 0 Å². The summed E-state index contributed by atoms with van der Waals surface area (Å²) in [7, 11) is -0.0524. The van der Waals surface area contributed by atoms with E-state index in [1.165, 1.54) is 10.5 Å². The van der Waals surface area contributed by atoms with E-state index in [-0.39, 0.29) is 16.9 Å². The van der Waals surface area contributed by atoms with Crippen molar-refractivity contribution in [3.63, 3.8) is 0 Å². The van der Waals surface area contributed by atoms with Crippen LogP contribution in [-0.2, 0) is 21.9 Å². The van der Waals surface area contributed by atoms with Gasteiger partial charge in [-0.25, -0.2) is 13.4 Å². The van der Waals surface area contributed by atoms with Crippen LogP contribution in [0.4, 0.5) is 5.69 Å². The van der Waals surface area contributed by atoms with Gasteiger partial charge in [-0.15, -0.1) is 0 Å². The number of amides is 1. The van der Waals surface area contributed by atoms with Crippen LogP contribution in [0.1, 0.15) is 29.8 Å². The smallest absolute Gasteiger partial charge is 0.262 e. The van der Waals surface area contributed by atoms with Crippen molar-refractivity contribution in [3.05, 3.63) is 41.3 Å². The third-order valence-corrected chi connectivity index (χ3v) is 7.53. The maximum absolute atomic E-state index is 13.0. The van der Waals surface area contributed by atoms with Crippen LogP contribution < -0.4 is 4.90 Å². The summed E-state index contributed by atoms with van der Waals surface area (Å²) in [5.74, 6) is 0.514. The molecule has 1 amide bonds. The molecule has 1 aromatic carbocycles. The molecule has 2 heterocycles. The van der Waals surface area contributed by atoms with Gasteiger partial charge in [-0.1, -0.05) is 12.1 Å². The lowest BCUT2D eigenvalue weighted by Crippen LogP contribution is -2.43. The molecule has 1 aliphatic rings. The van der Waals surface area contributed by atoms with Crippen molar-refractivity contribution in [1.82, 2.24) is 13.9 Å². The Kier molecular flexibility index (Phi) is 5.63. The van der Waals surface area contributed by atoms with Crippen molar-refractivity contribution < 1.29 is 13.2 Å². The van der Waals surface area contributed by atoms with E-state index in [0.29, 0.717) is 31.8 Å². The number of piperidine rings is 1. The fourth-order valence-corrected chi connectivity index (χ4v) is 5.11. The molecule has 0 aliphatic carbocycles. The van der Waals surface area contributed by atoms with E-state index >= 15 is 0 Å². The second-order valence-electron chi connectivity index (χ2n) is 7.53. The minimum Gasteiger partial charge on any atom is -0.337 e. The maximum atomic E-state index is 13.0. The predicted octanol–water partition coefficient (Wildman–Crippen LogP) is 2.41. The summed E-state index contributed by atoms with van der Waals surface area (Å²) in [6, 6.07) is 5.93. The summed E-state index contributed by atoms with van der Waals surface area (Å²) in [5.41, 5.74) is 3.14. The average Bonchev–Trinajstić information content (AvgIpc) is 3.02. The predicted molar refractivity (Wildman–Crippen MR) is 109 cm³/mol. The minimum atomic E-state index is -3.62. The number of aryl methyl sites for hydroxylation is 3. The van der Waals surface area contributed by atoms with Gasteiger partial charge in [0.15, 0.2) is 5.03 Å². The minimum absolute atomic E-state index is 0.0411. The van der Waals surface area contributed by atoms with Gasteiger partial charge < -0.3 is 9.47 Å². The Morgan fingerprint density at radius 1 is 1.18 bits per heavy atom. The first-order valence-corrected chi connectivity index (χ1v) is 10.9. The number of aromatic nitrogens is 2. The monoisotopic (exact) mass is 404 g/mol. The lowest BCUT2D eigenvalue weighted by atomic mass is 9.96. The molecule has 0 spiro atoms. The molecule has 0 bridgehead atoms. The molecule has 8 heteroatoms. The molecule has 0 radical (unpaired) electrons. The standard InChI is InChI=1S/C20H28N4O3S/c1-14-7-6-8-18(15(14)2)23(5)20(25)17-9-11-24(12-10-17)28(26,27)19-13-22(4)16(3)21-19/h6-8,13,17H,9-12H2,1-5H3. The number of hydrogen-bond donors (Lipinski definition) is 0. The number of benzene rings is 1. The SMILES string of the molecule is Cc1cccc(N(C)C(=O)C2CCN(S(=O)(=O)c3cn(C)c(C)n3)CC2)c1C. The first kappa shape index (κ1) is 20.5. The van der Waals surface area contributed by atoms with Gasteiger partial charge in [0.25, 0.3) is 10.0 Å². The highest BCUT2D eigenvalue weighted by atomic mass is 32.2. The molecule has 152 valence electrons. The molecule has 0 unspecified atom stereocenters. The first-order valence-electron chi connectivity index (χ1n) is 9.47. The molecule has 28 heavy (non-hydrogen) atoms. The van der Waals surface area contributed by atoms with Gasteiger partial charge in [0.2, 0.25) is 5.91 Å². The van der Waals surface area contributed by atoms with Gasteiger partial charge in [-0.2, -0.15) is 4.31 Å². The van der Waals surface area contributed by atoms with E-state index in [0.717, 1.165) is 16.8 Å². The number of sulfonamides is 1. The Morgan fingerprint density at radius 2 is 1.82 bits per heavy atom. The highest BCUT2D eigenvalue weighted by molar-refractivity contribution is 7.89. The molecular weight excluding hydrogens is 376 g/mol. The molecule has 0 atom stereocenters. The largest absolute Gasteiger partial charge is 0.337 e. The molecule has 0 saturated carbocycles. The van der Waals surface area contributed by atoms with Gasteiger partial charge >= 0.3 is 0 Å².